The molecule has 5 heteroatoms. The molecule has 2 N–H and O–H groups in total. The Kier molecular flexibility index (Phi) is 3.93. The van der Waals surface area contributed by atoms with Crippen LogP contribution in [0, 0.1) is 17.1 Å². The lowest BCUT2D eigenvalue weighted by Gasteiger charge is -2.07. The average Bonchev–Trinajstić information content (AvgIpc) is 2.42. The van der Waals surface area contributed by atoms with E-state index in [-0.39, 0.29) is 16.3 Å². The van der Waals surface area contributed by atoms with Gasteiger partial charge in [0.2, 0.25) is 0 Å². The number of rotatable bonds is 3. The van der Waals surface area contributed by atoms with Crippen LogP contribution in [-0.4, -0.2) is 4.21 Å². The second-order valence-corrected chi connectivity index (χ2v) is 5.36. The van der Waals surface area contributed by atoms with Crippen LogP contribution >= 0.6 is 0 Å². The highest BCUT2D eigenvalue weighted by Crippen LogP contribution is 2.21. The summed E-state index contributed by atoms with van der Waals surface area (Å²) in [5, 5.41) is 8.97. The van der Waals surface area contributed by atoms with Crippen LogP contribution < -0.4 is 5.73 Å². The Morgan fingerprint density at radius 1 is 1.26 bits per heavy atom. The summed E-state index contributed by atoms with van der Waals surface area (Å²) in [6.45, 7) is 0. The summed E-state index contributed by atoms with van der Waals surface area (Å²) in [7, 11) is -1.48. The maximum Gasteiger partial charge on any atom is 0.124 e. The molecule has 2 rings (SSSR count). The van der Waals surface area contributed by atoms with Crippen molar-refractivity contribution in [2.24, 2.45) is 0 Å². The smallest absolute Gasteiger partial charge is 0.124 e. The van der Waals surface area contributed by atoms with E-state index in [1.165, 1.54) is 18.2 Å². The normalized spacial score (nSPS) is 11.8. The minimum atomic E-state index is -1.48. The number of hydrogen-bond acceptors (Lipinski definition) is 3. The summed E-state index contributed by atoms with van der Waals surface area (Å²) in [5.41, 5.74) is 7.10. The summed E-state index contributed by atoms with van der Waals surface area (Å²) in [6.07, 6.45) is 0. The Hall–Kier alpha value is -2.19. The zero-order valence-electron chi connectivity index (χ0n) is 9.97. The van der Waals surface area contributed by atoms with Gasteiger partial charge in [0.25, 0.3) is 0 Å². The number of nitrogens with two attached hydrogens (primary N) is 1. The average molecular weight is 274 g/mol. The molecular weight excluding hydrogens is 263 g/mol. The maximum absolute atomic E-state index is 13.1. The zero-order valence-corrected chi connectivity index (χ0v) is 10.8. The largest absolute Gasteiger partial charge is 0.398 e. The molecule has 96 valence electrons. The van der Waals surface area contributed by atoms with E-state index in [1.807, 2.05) is 6.07 Å². The predicted octanol–water partition coefficient (Wildman–Crippen LogP) is 2.59. The van der Waals surface area contributed by atoms with Gasteiger partial charge in [-0.25, -0.2) is 4.39 Å². The highest BCUT2D eigenvalue weighted by Gasteiger charge is 2.12. The van der Waals surface area contributed by atoms with Gasteiger partial charge in [0.1, 0.15) is 5.82 Å². The Bertz CT molecular complexity index is 679. The Labute approximate surface area is 112 Å². The van der Waals surface area contributed by atoms with Gasteiger partial charge < -0.3 is 5.73 Å². The van der Waals surface area contributed by atoms with Crippen molar-refractivity contribution in [3.05, 3.63) is 59.4 Å². The molecule has 0 bridgehead atoms. The summed E-state index contributed by atoms with van der Waals surface area (Å²) in [5.74, 6) is -0.344. The third-order valence-electron chi connectivity index (χ3n) is 2.65. The number of halogens is 1. The molecule has 0 saturated heterocycles. The van der Waals surface area contributed by atoms with E-state index in [0.29, 0.717) is 11.1 Å². The summed E-state index contributed by atoms with van der Waals surface area (Å²) in [6, 6.07) is 12.7. The van der Waals surface area contributed by atoms with Gasteiger partial charge in [-0.05, 0) is 29.8 Å². The summed E-state index contributed by atoms with van der Waals surface area (Å²) >= 11 is 0. The number of benzene rings is 2. The van der Waals surface area contributed by atoms with Crippen LogP contribution in [0.3, 0.4) is 0 Å². The predicted molar refractivity (Wildman–Crippen MR) is 72.1 cm³/mol. The lowest BCUT2D eigenvalue weighted by atomic mass is 10.1. The third kappa shape index (κ3) is 2.98. The number of hydrogen-bond donors (Lipinski definition) is 1. The van der Waals surface area contributed by atoms with Gasteiger partial charge in [0.05, 0.1) is 33.1 Å². The highest BCUT2D eigenvalue weighted by molar-refractivity contribution is 7.84. The Morgan fingerprint density at radius 3 is 2.74 bits per heavy atom. The van der Waals surface area contributed by atoms with Gasteiger partial charge in [0.15, 0.2) is 0 Å². The van der Waals surface area contributed by atoms with Crippen LogP contribution in [-0.2, 0) is 16.6 Å². The van der Waals surface area contributed by atoms with Gasteiger partial charge in [-0.3, -0.25) is 4.21 Å². The second-order valence-electron chi connectivity index (χ2n) is 3.94. The molecule has 0 saturated carbocycles. The van der Waals surface area contributed by atoms with Crippen LogP contribution in [0.15, 0.2) is 47.4 Å². The lowest BCUT2D eigenvalue weighted by Crippen LogP contribution is -2.02. The highest BCUT2D eigenvalue weighted by atomic mass is 32.2. The van der Waals surface area contributed by atoms with Crippen LogP contribution in [0.5, 0.6) is 0 Å². The van der Waals surface area contributed by atoms with Gasteiger partial charge >= 0.3 is 0 Å². The zero-order chi connectivity index (χ0) is 13.8. The molecule has 0 spiro atoms. The standard InChI is InChI=1S/C14H11FN2OS/c15-12-5-6-13(17)14(7-12)19(18)9-11-4-2-1-3-10(11)8-16/h1-7H,9,17H2. The molecule has 3 nitrogen and oxygen atoms in total. The van der Waals surface area contributed by atoms with Crippen LogP contribution in [0.4, 0.5) is 10.1 Å². The second kappa shape index (κ2) is 5.63. The SMILES string of the molecule is N#Cc1ccccc1CS(=O)c1cc(F)ccc1N. The Morgan fingerprint density at radius 2 is 2.00 bits per heavy atom. The summed E-state index contributed by atoms with van der Waals surface area (Å²) in [4.78, 5) is 0.257. The van der Waals surface area contributed by atoms with Crippen molar-refractivity contribution in [1.82, 2.24) is 0 Å². The minimum absolute atomic E-state index is 0.136. The van der Waals surface area contributed by atoms with Crippen molar-refractivity contribution in [2.75, 3.05) is 5.73 Å². The molecular formula is C14H11FN2OS. The van der Waals surface area contributed by atoms with Crippen molar-refractivity contribution < 1.29 is 8.60 Å². The van der Waals surface area contributed by atoms with E-state index in [2.05, 4.69) is 0 Å². The number of anilines is 1. The molecule has 0 aliphatic carbocycles. The number of nitrogen functional groups attached to an aromatic ring is 1. The Balaban J connectivity index is 2.31. The first-order valence-corrected chi connectivity index (χ1v) is 6.85. The third-order valence-corrected chi connectivity index (χ3v) is 4.06. The molecule has 1 unspecified atom stereocenters. The van der Waals surface area contributed by atoms with Gasteiger partial charge in [-0.15, -0.1) is 0 Å². The van der Waals surface area contributed by atoms with Crippen molar-refractivity contribution in [2.45, 2.75) is 10.6 Å². The van der Waals surface area contributed by atoms with Gasteiger partial charge in [-0.2, -0.15) is 5.26 Å². The fourth-order valence-electron chi connectivity index (χ4n) is 1.68. The topological polar surface area (TPSA) is 66.9 Å². The molecule has 0 aromatic heterocycles. The molecule has 19 heavy (non-hydrogen) atoms. The first-order valence-electron chi connectivity index (χ1n) is 5.53. The molecule has 2 aromatic carbocycles. The molecule has 2 aromatic rings. The van der Waals surface area contributed by atoms with E-state index in [4.69, 9.17) is 11.0 Å². The number of nitrogens with zero attached hydrogens (tertiary/aromatic N) is 1. The molecule has 0 aliphatic rings. The van der Waals surface area contributed by atoms with Crippen molar-refractivity contribution >= 4 is 16.5 Å². The van der Waals surface area contributed by atoms with Crippen LogP contribution in [0.2, 0.25) is 0 Å². The van der Waals surface area contributed by atoms with Gasteiger partial charge in [0, 0.05) is 5.69 Å². The van der Waals surface area contributed by atoms with Crippen molar-refractivity contribution in [3.8, 4) is 6.07 Å². The van der Waals surface area contributed by atoms with Gasteiger partial charge in [-0.1, -0.05) is 18.2 Å². The first kappa shape index (κ1) is 13.2. The molecule has 1 atom stereocenters. The maximum atomic E-state index is 13.1. The van der Waals surface area contributed by atoms with Crippen LogP contribution in [0.1, 0.15) is 11.1 Å². The monoisotopic (exact) mass is 274 g/mol. The molecule has 0 heterocycles. The van der Waals surface area contributed by atoms with E-state index in [9.17, 15) is 8.60 Å². The van der Waals surface area contributed by atoms with E-state index < -0.39 is 16.6 Å². The lowest BCUT2D eigenvalue weighted by molar-refractivity contribution is 0.623. The summed E-state index contributed by atoms with van der Waals surface area (Å²) < 4.78 is 25.4. The first-order chi connectivity index (χ1) is 9.11. The van der Waals surface area contributed by atoms with Crippen LogP contribution in [0.25, 0.3) is 0 Å². The van der Waals surface area contributed by atoms with E-state index >= 15 is 0 Å². The minimum Gasteiger partial charge on any atom is -0.398 e. The van der Waals surface area contributed by atoms with Crippen molar-refractivity contribution in [1.29, 1.82) is 5.26 Å². The fourth-order valence-corrected chi connectivity index (χ4v) is 2.94. The fraction of sp³-hybridized carbons (Fsp3) is 0.0714. The number of nitriles is 1. The quantitative estimate of drug-likeness (QED) is 0.875. The van der Waals surface area contributed by atoms with E-state index in [1.54, 1.807) is 24.3 Å². The van der Waals surface area contributed by atoms with Crippen molar-refractivity contribution in [3.63, 3.8) is 0 Å². The van der Waals surface area contributed by atoms with E-state index in [0.717, 1.165) is 0 Å². The molecule has 0 radical (unpaired) electrons. The molecule has 0 aliphatic heterocycles. The molecule has 0 amide bonds. The molecule has 0 fully saturated rings.